The molecule has 194 valence electrons. The number of likely N-dealkylation sites (N-methyl/N-ethyl adjacent to an activating group) is 1. The maximum atomic E-state index is 11.6. The average molecular weight is 504 g/mol. The standard InChI is InChI=1S/C27H33N7O3/c1-31-10-4-6-19(31)17-37-26-29-23-16-33(24-9-8-18-5-2-3-7-21(18)24)15-22(23)25(30-26)32-11-12-34(27(35)36)20(13-28)14-32/h2-3,5,7,19-20,24H,4,6,8-12,14-17H2,1H3,(H,35,36)/t19-,20-,24?/m0/s1. The molecule has 1 aromatic carbocycles. The molecule has 4 aliphatic rings. The SMILES string of the molecule is CN1CCC[C@H]1COc1nc2c(c(N3CCN(C(=O)O)[C@@H](C#N)C3)n1)CN(C1CCc3ccccc31)C2. The highest BCUT2D eigenvalue weighted by Gasteiger charge is 2.38. The van der Waals surface area contributed by atoms with E-state index in [0.29, 0.717) is 31.2 Å². The number of aromatic nitrogens is 2. The van der Waals surface area contributed by atoms with E-state index in [2.05, 4.69) is 52.1 Å². The maximum absolute atomic E-state index is 11.6. The number of anilines is 1. The number of nitrogens with zero attached hydrogens (tertiary/aromatic N) is 7. The molecular formula is C27H33N7O3. The normalized spacial score (nSPS) is 25.7. The number of nitriles is 1. The van der Waals surface area contributed by atoms with Gasteiger partial charge in [-0.1, -0.05) is 24.3 Å². The topological polar surface area (TPSA) is 109 Å². The van der Waals surface area contributed by atoms with Crippen LogP contribution in [0.2, 0.25) is 0 Å². The zero-order valence-corrected chi connectivity index (χ0v) is 21.2. The lowest BCUT2D eigenvalue weighted by Gasteiger charge is -2.38. The fourth-order valence-corrected chi connectivity index (χ4v) is 6.37. The third-order valence-corrected chi connectivity index (χ3v) is 8.46. The number of piperazine rings is 1. The van der Waals surface area contributed by atoms with Crippen LogP contribution in [0.5, 0.6) is 6.01 Å². The molecule has 1 N–H and O–H groups in total. The van der Waals surface area contributed by atoms with Crippen molar-refractivity contribution in [2.75, 3.05) is 44.7 Å². The summed E-state index contributed by atoms with van der Waals surface area (Å²) in [6.45, 7) is 4.09. The summed E-state index contributed by atoms with van der Waals surface area (Å²) in [7, 11) is 2.12. The first-order chi connectivity index (χ1) is 18.0. The van der Waals surface area contributed by atoms with Crippen LogP contribution in [-0.2, 0) is 19.5 Å². The quantitative estimate of drug-likeness (QED) is 0.659. The maximum Gasteiger partial charge on any atom is 0.408 e. The van der Waals surface area contributed by atoms with E-state index >= 15 is 0 Å². The molecule has 2 fully saturated rings. The monoisotopic (exact) mass is 503 g/mol. The summed E-state index contributed by atoms with van der Waals surface area (Å²) < 4.78 is 6.17. The van der Waals surface area contributed by atoms with E-state index in [1.54, 1.807) is 0 Å². The van der Waals surface area contributed by atoms with Crippen molar-refractivity contribution in [2.24, 2.45) is 0 Å². The first-order valence-corrected chi connectivity index (χ1v) is 13.2. The van der Waals surface area contributed by atoms with E-state index in [-0.39, 0.29) is 13.1 Å². The van der Waals surface area contributed by atoms with Gasteiger partial charge in [0.1, 0.15) is 18.5 Å². The van der Waals surface area contributed by atoms with Gasteiger partial charge in [0.2, 0.25) is 0 Å². The zero-order valence-electron chi connectivity index (χ0n) is 21.2. The molecule has 1 aromatic heterocycles. The van der Waals surface area contributed by atoms with Crippen molar-refractivity contribution in [2.45, 2.75) is 56.9 Å². The molecule has 0 radical (unpaired) electrons. The van der Waals surface area contributed by atoms with Crippen LogP contribution in [0.3, 0.4) is 0 Å². The molecule has 3 atom stereocenters. The summed E-state index contributed by atoms with van der Waals surface area (Å²) in [5.74, 6) is 0.777. The molecule has 6 rings (SSSR count). The molecule has 0 spiro atoms. The lowest BCUT2D eigenvalue weighted by molar-refractivity contribution is 0.130. The highest BCUT2D eigenvalue weighted by Crippen LogP contribution is 2.42. The van der Waals surface area contributed by atoms with Crippen LogP contribution >= 0.6 is 0 Å². The average Bonchev–Trinajstić information content (AvgIpc) is 3.64. The second kappa shape index (κ2) is 9.80. The molecule has 10 nitrogen and oxygen atoms in total. The van der Waals surface area contributed by atoms with Crippen molar-refractivity contribution < 1.29 is 14.6 Å². The van der Waals surface area contributed by atoms with E-state index in [1.165, 1.54) is 22.4 Å². The summed E-state index contributed by atoms with van der Waals surface area (Å²) in [4.78, 5) is 29.4. The fourth-order valence-electron chi connectivity index (χ4n) is 6.37. The highest BCUT2D eigenvalue weighted by molar-refractivity contribution is 5.67. The minimum atomic E-state index is -1.06. The summed E-state index contributed by atoms with van der Waals surface area (Å²) >= 11 is 0. The Hall–Kier alpha value is -3.42. The van der Waals surface area contributed by atoms with Gasteiger partial charge in [-0.15, -0.1) is 0 Å². The van der Waals surface area contributed by atoms with Gasteiger partial charge in [-0.2, -0.15) is 15.2 Å². The van der Waals surface area contributed by atoms with Gasteiger partial charge in [-0.05, 0) is 50.4 Å². The Morgan fingerprint density at radius 3 is 2.84 bits per heavy atom. The third-order valence-electron chi connectivity index (χ3n) is 8.46. The number of hydrogen-bond donors (Lipinski definition) is 1. The Bertz CT molecular complexity index is 1230. The number of carbonyl (C=O) groups is 1. The van der Waals surface area contributed by atoms with Gasteiger partial charge in [0.25, 0.3) is 0 Å². The lowest BCUT2D eigenvalue weighted by atomic mass is 10.1. The largest absolute Gasteiger partial charge is 0.465 e. The minimum absolute atomic E-state index is 0.259. The van der Waals surface area contributed by atoms with E-state index < -0.39 is 12.1 Å². The van der Waals surface area contributed by atoms with Crippen molar-refractivity contribution in [1.29, 1.82) is 5.26 Å². The second-order valence-corrected chi connectivity index (χ2v) is 10.6. The van der Waals surface area contributed by atoms with Gasteiger partial charge in [-0.25, -0.2) is 4.79 Å². The Kier molecular flexibility index (Phi) is 6.34. The molecule has 2 aromatic rings. The van der Waals surface area contributed by atoms with Crippen LogP contribution in [-0.4, -0.2) is 87.8 Å². The first-order valence-electron chi connectivity index (χ1n) is 13.2. The van der Waals surface area contributed by atoms with Gasteiger partial charge in [0.05, 0.1) is 18.3 Å². The van der Waals surface area contributed by atoms with Gasteiger partial charge < -0.3 is 19.6 Å². The Morgan fingerprint density at radius 2 is 2.05 bits per heavy atom. The number of hydrogen-bond acceptors (Lipinski definition) is 8. The van der Waals surface area contributed by atoms with Crippen LogP contribution < -0.4 is 9.64 Å². The molecule has 4 heterocycles. The van der Waals surface area contributed by atoms with Crippen molar-refractivity contribution in [3.8, 4) is 12.1 Å². The van der Waals surface area contributed by atoms with E-state index in [1.807, 2.05) is 0 Å². The van der Waals surface area contributed by atoms with Crippen LogP contribution in [0.15, 0.2) is 24.3 Å². The number of rotatable bonds is 5. The fraction of sp³-hybridized carbons (Fsp3) is 0.556. The third kappa shape index (κ3) is 4.47. The Morgan fingerprint density at radius 1 is 1.19 bits per heavy atom. The molecule has 37 heavy (non-hydrogen) atoms. The molecular weight excluding hydrogens is 470 g/mol. The number of benzene rings is 1. The first kappa shape index (κ1) is 23.9. The summed E-state index contributed by atoms with van der Waals surface area (Å²) in [6.07, 6.45) is 3.37. The number of aryl methyl sites for hydroxylation is 1. The van der Waals surface area contributed by atoms with Crippen molar-refractivity contribution in [3.63, 3.8) is 0 Å². The van der Waals surface area contributed by atoms with Crippen molar-refractivity contribution in [3.05, 3.63) is 46.6 Å². The predicted octanol–water partition coefficient (Wildman–Crippen LogP) is 2.64. The van der Waals surface area contributed by atoms with Gasteiger partial charge >= 0.3 is 12.1 Å². The summed E-state index contributed by atoms with van der Waals surface area (Å²) in [5, 5.41) is 19.2. The summed E-state index contributed by atoms with van der Waals surface area (Å²) in [6, 6.07) is 11.2. The molecule has 0 saturated carbocycles. The summed E-state index contributed by atoms with van der Waals surface area (Å²) in [5.41, 5.74) is 4.85. The predicted molar refractivity (Wildman–Crippen MR) is 136 cm³/mol. The van der Waals surface area contributed by atoms with Crippen LogP contribution in [0, 0.1) is 11.3 Å². The number of likely N-dealkylation sites (tertiary alicyclic amines) is 1. The van der Waals surface area contributed by atoms with Crippen molar-refractivity contribution in [1.82, 2.24) is 24.7 Å². The molecule has 0 bridgehead atoms. The van der Waals surface area contributed by atoms with Gasteiger partial charge in [0, 0.05) is 43.8 Å². The van der Waals surface area contributed by atoms with Crippen LogP contribution in [0.1, 0.15) is 47.7 Å². The smallest absolute Gasteiger partial charge is 0.408 e. The lowest BCUT2D eigenvalue weighted by Crippen LogP contribution is -2.54. The van der Waals surface area contributed by atoms with Gasteiger partial charge in [0.15, 0.2) is 0 Å². The van der Waals surface area contributed by atoms with Gasteiger partial charge in [-0.3, -0.25) is 9.80 Å². The molecule has 1 unspecified atom stereocenters. The number of carboxylic acid groups (broad SMARTS) is 1. The Labute approximate surface area is 217 Å². The molecule has 1 amide bonds. The molecule has 1 aliphatic carbocycles. The zero-order chi connectivity index (χ0) is 25.5. The number of fused-ring (bicyclic) bond motifs is 2. The van der Waals surface area contributed by atoms with Crippen molar-refractivity contribution >= 4 is 11.9 Å². The van der Waals surface area contributed by atoms with E-state index in [0.717, 1.165) is 56.0 Å². The second-order valence-electron chi connectivity index (χ2n) is 10.6. The molecule has 10 heteroatoms. The number of ether oxygens (including phenoxy) is 1. The number of amides is 1. The van der Waals surface area contributed by atoms with Crippen LogP contribution in [0.25, 0.3) is 0 Å². The molecule has 3 aliphatic heterocycles. The molecule has 2 saturated heterocycles. The Balaban J connectivity index is 1.29. The minimum Gasteiger partial charge on any atom is -0.465 e. The highest BCUT2D eigenvalue weighted by atomic mass is 16.5. The van der Waals surface area contributed by atoms with Crippen LogP contribution in [0.4, 0.5) is 10.6 Å². The van der Waals surface area contributed by atoms with E-state index in [9.17, 15) is 15.2 Å². The van der Waals surface area contributed by atoms with E-state index in [4.69, 9.17) is 14.7 Å².